The van der Waals surface area contributed by atoms with E-state index < -0.39 is 22.0 Å². The van der Waals surface area contributed by atoms with Gasteiger partial charge in [-0.25, -0.2) is 8.42 Å². The van der Waals surface area contributed by atoms with Crippen molar-refractivity contribution >= 4 is 9.84 Å². The lowest BCUT2D eigenvalue weighted by atomic mass is 10.0. The monoisotopic (exact) mass is 245 g/mol. The van der Waals surface area contributed by atoms with Gasteiger partial charge >= 0.3 is 0 Å². The number of sulfone groups is 1. The number of nitrogens with two attached hydrogens (primary N) is 1. The standard InChI is InChI=1S/C10H15NO4S/c1-6(11)10(13)8-5-7(16(2,14)15)3-4-9(8)12/h3-6,10,12-13H,11H2,1-2H3. The molecule has 0 heterocycles. The zero-order chi connectivity index (χ0) is 12.5. The molecule has 5 nitrogen and oxygen atoms in total. The molecular weight excluding hydrogens is 230 g/mol. The van der Waals surface area contributed by atoms with Gasteiger partial charge in [0.2, 0.25) is 0 Å². The SMILES string of the molecule is CC(N)C(O)c1cc(S(C)(=O)=O)ccc1O. The number of benzene rings is 1. The Bertz CT molecular complexity index is 482. The first-order chi connectivity index (χ1) is 7.23. The number of hydrogen-bond donors (Lipinski definition) is 3. The van der Waals surface area contributed by atoms with Crippen LogP contribution in [0.2, 0.25) is 0 Å². The van der Waals surface area contributed by atoms with E-state index in [1.54, 1.807) is 6.92 Å². The molecule has 1 aromatic rings. The van der Waals surface area contributed by atoms with Crippen molar-refractivity contribution < 1.29 is 18.6 Å². The van der Waals surface area contributed by atoms with Crippen LogP contribution in [0.25, 0.3) is 0 Å². The molecule has 0 saturated heterocycles. The second-order valence-electron chi connectivity index (χ2n) is 3.80. The summed E-state index contributed by atoms with van der Waals surface area (Å²) >= 11 is 0. The third-order valence-corrected chi connectivity index (χ3v) is 3.35. The van der Waals surface area contributed by atoms with Gasteiger partial charge in [-0.1, -0.05) is 0 Å². The molecule has 0 aliphatic rings. The minimum absolute atomic E-state index is 0.0417. The quantitative estimate of drug-likeness (QED) is 0.705. The Balaban J connectivity index is 3.30. The molecule has 6 heteroatoms. The Morgan fingerprint density at radius 1 is 1.38 bits per heavy atom. The van der Waals surface area contributed by atoms with Crippen molar-refractivity contribution in [3.63, 3.8) is 0 Å². The second-order valence-corrected chi connectivity index (χ2v) is 5.81. The van der Waals surface area contributed by atoms with Crippen LogP contribution in [0.15, 0.2) is 23.1 Å². The summed E-state index contributed by atoms with van der Waals surface area (Å²) in [5.74, 6) is -0.169. The lowest BCUT2D eigenvalue weighted by Gasteiger charge is -2.16. The highest BCUT2D eigenvalue weighted by atomic mass is 32.2. The first-order valence-electron chi connectivity index (χ1n) is 4.70. The van der Waals surface area contributed by atoms with Crippen LogP contribution in [-0.4, -0.2) is 30.9 Å². The number of aromatic hydroxyl groups is 1. The molecule has 0 saturated carbocycles. The average molecular weight is 245 g/mol. The number of hydrogen-bond acceptors (Lipinski definition) is 5. The number of phenolic OH excluding ortho intramolecular Hbond substituents is 1. The third-order valence-electron chi connectivity index (χ3n) is 2.24. The lowest BCUT2D eigenvalue weighted by molar-refractivity contribution is 0.149. The molecule has 0 aliphatic heterocycles. The Labute approximate surface area is 94.4 Å². The van der Waals surface area contributed by atoms with Crippen LogP contribution < -0.4 is 5.73 Å². The Kier molecular flexibility index (Phi) is 3.57. The summed E-state index contributed by atoms with van der Waals surface area (Å²) in [7, 11) is -3.36. The molecule has 0 fully saturated rings. The lowest BCUT2D eigenvalue weighted by Crippen LogP contribution is -2.24. The van der Waals surface area contributed by atoms with E-state index in [4.69, 9.17) is 5.73 Å². The molecule has 16 heavy (non-hydrogen) atoms. The molecule has 0 aliphatic carbocycles. The summed E-state index contributed by atoms with van der Waals surface area (Å²) in [6.45, 7) is 1.57. The van der Waals surface area contributed by atoms with Gasteiger partial charge in [0.15, 0.2) is 9.84 Å². The minimum Gasteiger partial charge on any atom is -0.508 e. The molecule has 90 valence electrons. The van der Waals surface area contributed by atoms with Crippen LogP contribution in [0.4, 0.5) is 0 Å². The Morgan fingerprint density at radius 2 is 1.94 bits per heavy atom. The molecule has 0 bridgehead atoms. The van der Waals surface area contributed by atoms with E-state index >= 15 is 0 Å². The molecule has 2 unspecified atom stereocenters. The molecule has 1 aromatic carbocycles. The topological polar surface area (TPSA) is 101 Å². The van der Waals surface area contributed by atoms with Gasteiger partial charge in [0.1, 0.15) is 5.75 Å². The van der Waals surface area contributed by atoms with Gasteiger partial charge in [-0.3, -0.25) is 0 Å². The number of aliphatic hydroxyl groups is 1. The summed E-state index contributed by atoms with van der Waals surface area (Å²) in [6.07, 6.45) is -0.0387. The predicted molar refractivity (Wildman–Crippen MR) is 59.8 cm³/mol. The minimum atomic E-state index is -3.36. The fraction of sp³-hybridized carbons (Fsp3) is 0.400. The maximum atomic E-state index is 11.3. The fourth-order valence-electron chi connectivity index (χ4n) is 1.28. The molecule has 1 rings (SSSR count). The molecule has 0 spiro atoms. The maximum Gasteiger partial charge on any atom is 0.175 e. The average Bonchev–Trinajstić information content (AvgIpc) is 2.15. The molecule has 0 amide bonds. The van der Waals surface area contributed by atoms with Crippen molar-refractivity contribution in [1.29, 1.82) is 0 Å². The van der Waals surface area contributed by atoms with E-state index in [1.807, 2.05) is 0 Å². The van der Waals surface area contributed by atoms with Crippen molar-refractivity contribution in [3.05, 3.63) is 23.8 Å². The normalized spacial score (nSPS) is 15.8. The number of aliphatic hydroxyl groups excluding tert-OH is 1. The maximum absolute atomic E-state index is 11.3. The summed E-state index contributed by atoms with van der Waals surface area (Å²) in [5, 5.41) is 19.2. The van der Waals surface area contributed by atoms with Gasteiger partial charge in [0, 0.05) is 17.9 Å². The summed E-state index contributed by atoms with van der Waals surface area (Å²) in [4.78, 5) is 0.0417. The van der Waals surface area contributed by atoms with Crippen LogP contribution in [-0.2, 0) is 9.84 Å². The van der Waals surface area contributed by atoms with Crippen molar-refractivity contribution in [2.75, 3.05) is 6.26 Å². The van der Waals surface area contributed by atoms with Crippen LogP contribution in [0.5, 0.6) is 5.75 Å². The smallest absolute Gasteiger partial charge is 0.175 e. The Morgan fingerprint density at radius 3 is 2.38 bits per heavy atom. The third kappa shape index (κ3) is 2.72. The fourth-order valence-corrected chi connectivity index (χ4v) is 1.94. The first kappa shape index (κ1) is 13.0. The van der Waals surface area contributed by atoms with E-state index in [0.717, 1.165) is 6.26 Å². The highest BCUT2D eigenvalue weighted by Crippen LogP contribution is 2.28. The van der Waals surface area contributed by atoms with Gasteiger partial charge in [-0.2, -0.15) is 0 Å². The van der Waals surface area contributed by atoms with Gasteiger partial charge in [-0.15, -0.1) is 0 Å². The summed E-state index contributed by atoms with van der Waals surface area (Å²) in [6, 6.07) is 3.15. The predicted octanol–water partition coefficient (Wildman–Crippen LogP) is 0.176. The molecule has 0 radical (unpaired) electrons. The van der Waals surface area contributed by atoms with Gasteiger partial charge in [0.25, 0.3) is 0 Å². The van der Waals surface area contributed by atoms with Crippen LogP contribution in [0.3, 0.4) is 0 Å². The largest absolute Gasteiger partial charge is 0.508 e. The zero-order valence-corrected chi connectivity index (χ0v) is 9.90. The molecule has 2 atom stereocenters. The van der Waals surface area contributed by atoms with E-state index in [2.05, 4.69) is 0 Å². The van der Waals surface area contributed by atoms with Crippen molar-refractivity contribution in [3.8, 4) is 5.75 Å². The summed E-state index contributed by atoms with van der Waals surface area (Å²) in [5.41, 5.74) is 5.61. The van der Waals surface area contributed by atoms with Crippen LogP contribution in [0.1, 0.15) is 18.6 Å². The Hall–Kier alpha value is -1.11. The van der Waals surface area contributed by atoms with E-state index in [9.17, 15) is 18.6 Å². The van der Waals surface area contributed by atoms with Gasteiger partial charge < -0.3 is 15.9 Å². The van der Waals surface area contributed by atoms with Crippen molar-refractivity contribution in [2.24, 2.45) is 5.73 Å². The second kappa shape index (κ2) is 4.40. The summed E-state index contributed by atoms with van der Waals surface area (Å²) < 4.78 is 22.6. The number of phenols is 1. The molecular formula is C10H15NO4S. The van der Waals surface area contributed by atoms with Crippen LogP contribution >= 0.6 is 0 Å². The highest BCUT2D eigenvalue weighted by molar-refractivity contribution is 7.90. The van der Waals surface area contributed by atoms with Gasteiger partial charge in [0.05, 0.1) is 11.0 Å². The zero-order valence-electron chi connectivity index (χ0n) is 9.08. The van der Waals surface area contributed by atoms with E-state index in [0.29, 0.717) is 0 Å². The van der Waals surface area contributed by atoms with E-state index in [1.165, 1.54) is 18.2 Å². The van der Waals surface area contributed by atoms with Crippen molar-refractivity contribution in [1.82, 2.24) is 0 Å². The van der Waals surface area contributed by atoms with E-state index in [-0.39, 0.29) is 16.2 Å². The highest BCUT2D eigenvalue weighted by Gasteiger charge is 2.19. The van der Waals surface area contributed by atoms with Crippen LogP contribution in [0, 0.1) is 0 Å². The molecule has 4 N–H and O–H groups in total. The molecule has 0 aromatic heterocycles. The number of rotatable bonds is 3. The van der Waals surface area contributed by atoms with Gasteiger partial charge in [-0.05, 0) is 25.1 Å². The first-order valence-corrected chi connectivity index (χ1v) is 6.59. The van der Waals surface area contributed by atoms with Crippen molar-refractivity contribution in [2.45, 2.75) is 24.0 Å².